The molecule has 0 aliphatic carbocycles. The highest BCUT2D eigenvalue weighted by atomic mass is 19.1. The largest absolute Gasteiger partial charge is 0.480 e. The van der Waals surface area contributed by atoms with Crippen LogP contribution in [0.4, 0.5) is 4.39 Å². The molecule has 0 aliphatic heterocycles. The van der Waals surface area contributed by atoms with E-state index in [1.54, 1.807) is 24.3 Å². The molecule has 1 aromatic heterocycles. The number of carbonyl (C=O) groups is 1. The van der Waals surface area contributed by atoms with E-state index in [2.05, 4.69) is 10.2 Å². The van der Waals surface area contributed by atoms with Crippen molar-refractivity contribution in [1.29, 1.82) is 0 Å². The van der Waals surface area contributed by atoms with Crippen LogP contribution in [-0.4, -0.2) is 23.1 Å². The van der Waals surface area contributed by atoms with Gasteiger partial charge in [-0.05, 0) is 29.2 Å². The summed E-state index contributed by atoms with van der Waals surface area (Å²) in [6, 6.07) is 7.91. The zero-order valence-corrected chi connectivity index (χ0v) is 12.3. The first kappa shape index (κ1) is 15.1. The van der Waals surface area contributed by atoms with Crippen LogP contribution in [-0.2, 0) is 6.42 Å². The molecule has 0 atom stereocenters. The number of aromatic nitrogens is 2. The maximum absolute atomic E-state index is 13.6. The number of hydrogen-bond donors (Lipinski definition) is 0. The molecule has 0 spiro atoms. The first-order chi connectivity index (χ1) is 10.0. The molecular weight excluding hydrogens is 271 g/mol. The molecule has 0 bridgehead atoms. The Morgan fingerprint density at radius 2 is 2.00 bits per heavy atom. The second kappa shape index (κ2) is 6.43. The summed E-state index contributed by atoms with van der Waals surface area (Å²) in [5.74, 6) is 0.0214. The number of ether oxygens (including phenoxy) is 1. The van der Waals surface area contributed by atoms with Gasteiger partial charge in [-0.2, -0.15) is 0 Å². The maximum Gasteiger partial charge on any atom is 0.233 e. The van der Waals surface area contributed by atoms with Crippen molar-refractivity contribution in [3.8, 4) is 5.88 Å². The van der Waals surface area contributed by atoms with Gasteiger partial charge in [-0.1, -0.05) is 26.0 Å². The zero-order chi connectivity index (χ0) is 15.4. The Labute approximate surface area is 123 Å². The third kappa shape index (κ3) is 3.62. The van der Waals surface area contributed by atoms with Crippen molar-refractivity contribution in [3.63, 3.8) is 0 Å². The molecule has 0 aliphatic rings. The maximum atomic E-state index is 13.6. The van der Waals surface area contributed by atoms with E-state index in [1.165, 1.54) is 13.2 Å². The van der Waals surface area contributed by atoms with E-state index in [9.17, 15) is 9.18 Å². The summed E-state index contributed by atoms with van der Waals surface area (Å²) in [6.07, 6.45) is 0.168. The number of ketones is 1. The third-order valence-electron chi connectivity index (χ3n) is 3.18. The molecule has 5 heteroatoms. The van der Waals surface area contributed by atoms with Crippen molar-refractivity contribution in [3.05, 3.63) is 53.0 Å². The van der Waals surface area contributed by atoms with Crippen LogP contribution in [0.3, 0.4) is 0 Å². The minimum Gasteiger partial charge on any atom is -0.480 e. The minimum absolute atomic E-state index is 0.0702. The number of rotatable bonds is 5. The van der Waals surface area contributed by atoms with Gasteiger partial charge in [-0.3, -0.25) is 4.79 Å². The monoisotopic (exact) mass is 288 g/mol. The Bertz CT molecular complexity index is 639. The van der Waals surface area contributed by atoms with Crippen LogP contribution in [0.5, 0.6) is 5.88 Å². The lowest BCUT2D eigenvalue weighted by atomic mass is 9.97. The highest BCUT2D eigenvalue weighted by molar-refractivity contribution is 5.95. The van der Waals surface area contributed by atoms with E-state index in [-0.39, 0.29) is 29.6 Å². The summed E-state index contributed by atoms with van der Waals surface area (Å²) in [7, 11) is 1.48. The number of methoxy groups -OCH3 is 1. The number of halogens is 1. The van der Waals surface area contributed by atoms with Gasteiger partial charge in [0.25, 0.3) is 0 Å². The SMILES string of the molecule is COc1ccc(C(=O)Cc2ccc(F)c(C(C)C)c2)nn1. The summed E-state index contributed by atoms with van der Waals surface area (Å²) in [5.41, 5.74) is 1.65. The van der Waals surface area contributed by atoms with Crippen LogP contribution < -0.4 is 4.74 Å². The number of Topliss-reactive ketones (excluding diaryl/α,β-unsaturated/α-hetero) is 1. The molecule has 0 saturated carbocycles. The Kier molecular flexibility index (Phi) is 4.62. The molecular formula is C16H17FN2O2. The van der Waals surface area contributed by atoms with Crippen LogP contribution in [0.25, 0.3) is 0 Å². The minimum atomic E-state index is -0.245. The number of carbonyl (C=O) groups excluding carboxylic acids is 1. The lowest BCUT2D eigenvalue weighted by Gasteiger charge is -2.09. The first-order valence-corrected chi connectivity index (χ1v) is 6.70. The van der Waals surface area contributed by atoms with Crippen LogP contribution in [0.1, 0.15) is 41.4 Å². The average Bonchev–Trinajstić information content (AvgIpc) is 2.49. The van der Waals surface area contributed by atoms with Gasteiger partial charge in [0.1, 0.15) is 11.5 Å². The van der Waals surface area contributed by atoms with Gasteiger partial charge in [0.15, 0.2) is 5.78 Å². The molecule has 2 rings (SSSR count). The number of hydrogen-bond acceptors (Lipinski definition) is 4. The molecule has 4 nitrogen and oxygen atoms in total. The van der Waals surface area contributed by atoms with Crippen LogP contribution in [0, 0.1) is 5.82 Å². The topological polar surface area (TPSA) is 52.1 Å². The van der Waals surface area contributed by atoms with E-state index in [4.69, 9.17) is 4.74 Å². The molecule has 1 heterocycles. The van der Waals surface area contributed by atoms with Crippen LogP contribution in [0.15, 0.2) is 30.3 Å². The fraction of sp³-hybridized carbons (Fsp3) is 0.312. The second-order valence-electron chi connectivity index (χ2n) is 5.07. The molecule has 0 N–H and O–H groups in total. The number of nitrogens with zero attached hydrogens (tertiary/aromatic N) is 2. The van der Waals surface area contributed by atoms with Crippen molar-refractivity contribution < 1.29 is 13.9 Å². The fourth-order valence-electron chi connectivity index (χ4n) is 2.00. The van der Waals surface area contributed by atoms with Crippen LogP contribution >= 0.6 is 0 Å². The van der Waals surface area contributed by atoms with E-state index in [1.807, 2.05) is 13.8 Å². The van der Waals surface area contributed by atoms with Gasteiger partial charge in [0.05, 0.1) is 7.11 Å². The van der Waals surface area contributed by atoms with Crippen molar-refractivity contribution in [2.45, 2.75) is 26.2 Å². The first-order valence-electron chi connectivity index (χ1n) is 6.70. The Morgan fingerprint density at radius 3 is 2.57 bits per heavy atom. The predicted octanol–water partition coefficient (Wildman–Crippen LogP) is 3.17. The van der Waals surface area contributed by atoms with Gasteiger partial charge in [-0.15, -0.1) is 10.2 Å². The van der Waals surface area contributed by atoms with Crippen molar-refractivity contribution in [2.24, 2.45) is 0 Å². The zero-order valence-electron chi connectivity index (χ0n) is 12.3. The highest BCUT2D eigenvalue weighted by Crippen LogP contribution is 2.20. The summed E-state index contributed by atoms with van der Waals surface area (Å²) in [6.45, 7) is 3.83. The molecule has 21 heavy (non-hydrogen) atoms. The number of benzene rings is 1. The normalized spacial score (nSPS) is 10.7. The lowest BCUT2D eigenvalue weighted by molar-refractivity contribution is 0.0987. The standard InChI is InChI=1S/C16H17FN2O2/c1-10(2)12-8-11(4-5-13(12)17)9-15(20)14-6-7-16(21-3)19-18-14/h4-8,10H,9H2,1-3H3. The molecule has 0 amide bonds. The molecule has 0 saturated heterocycles. The third-order valence-corrected chi connectivity index (χ3v) is 3.18. The Morgan fingerprint density at radius 1 is 1.24 bits per heavy atom. The summed E-state index contributed by atoms with van der Waals surface area (Å²) in [5, 5.41) is 7.59. The predicted molar refractivity (Wildman–Crippen MR) is 77.1 cm³/mol. The molecule has 2 aromatic rings. The van der Waals surface area contributed by atoms with Crippen molar-refractivity contribution in [1.82, 2.24) is 10.2 Å². The van der Waals surface area contributed by atoms with Crippen LogP contribution in [0.2, 0.25) is 0 Å². The molecule has 1 aromatic carbocycles. The van der Waals surface area contributed by atoms with Gasteiger partial charge in [0.2, 0.25) is 5.88 Å². The molecule has 0 radical (unpaired) electrons. The van der Waals surface area contributed by atoms with Crippen molar-refractivity contribution >= 4 is 5.78 Å². The molecule has 110 valence electrons. The highest BCUT2D eigenvalue weighted by Gasteiger charge is 2.13. The smallest absolute Gasteiger partial charge is 0.233 e. The van der Waals surface area contributed by atoms with E-state index in [0.29, 0.717) is 11.4 Å². The van der Waals surface area contributed by atoms with E-state index >= 15 is 0 Å². The van der Waals surface area contributed by atoms with E-state index < -0.39 is 0 Å². The van der Waals surface area contributed by atoms with Gasteiger partial charge in [0, 0.05) is 12.5 Å². The van der Waals surface area contributed by atoms with Gasteiger partial charge < -0.3 is 4.74 Å². The summed E-state index contributed by atoms with van der Waals surface area (Å²) >= 11 is 0. The quantitative estimate of drug-likeness (QED) is 0.793. The fourth-order valence-corrected chi connectivity index (χ4v) is 2.00. The molecule has 0 fully saturated rings. The van der Waals surface area contributed by atoms with E-state index in [0.717, 1.165) is 5.56 Å². The molecule has 0 unspecified atom stereocenters. The second-order valence-corrected chi connectivity index (χ2v) is 5.07. The van der Waals surface area contributed by atoms with Gasteiger partial charge >= 0.3 is 0 Å². The Hall–Kier alpha value is -2.30. The summed E-state index contributed by atoms with van der Waals surface area (Å²) < 4.78 is 18.5. The van der Waals surface area contributed by atoms with Crippen molar-refractivity contribution in [2.75, 3.05) is 7.11 Å². The average molecular weight is 288 g/mol. The lowest BCUT2D eigenvalue weighted by Crippen LogP contribution is -2.08. The van der Waals surface area contributed by atoms with Gasteiger partial charge in [-0.25, -0.2) is 4.39 Å². The summed E-state index contributed by atoms with van der Waals surface area (Å²) in [4.78, 5) is 12.1. The Balaban J connectivity index is 2.17.